The topological polar surface area (TPSA) is 109 Å². The van der Waals surface area contributed by atoms with Crippen LogP contribution in [0, 0.1) is 0 Å². The third-order valence-electron chi connectivity index (χ3n) is 6.52. The highest BCUT2D eigenvalue weighted by atomic mass is 35.5. The number of nitrogens with one attached hydrogen (secondary N) is 1. The Balaban J connectivity index is 1.16. The summed E-state index contributed by atoms with van der Waals surface area (Å²) in [4.78, 5) is 51.4. The van der Waals surface area contributed by atoms with Crippen LogP contribution in [0.25, 0.3) is 10.2 Å². The number of nitrogens with zero attached hydrogens (tertiary/aromatic N) is 2. The number of Topliss-reactive ketones (excluding diaryl/α,β-unsaturated/α-hetero) is 1. The Morgan fingerprint density at radius 1 is 0.949 bits per heavy atom. The van der Waals surface area contributed by atoms with Gasteiger partial charge in [-0.1, -0.05) is 24.1 Å². The monoisotopic (exact) mass is 567 g/mol. The molecule has 1 amide bonds. The number of thiophene rings is 1. The summed E-state index contributed by atoms with van der Waals surface area (Å²) in [7, 11) is 0. The fourth-order valence-electron chi connectivity index (χ4n) is 4.43. The second-order valence-corrected chi connectivity index (χ2v) is 10.5. The molecule has 0 unspecified atom stereocenters. The maximum atomic E-state index is 13.3. The van der Waals surface area contributed by atoms with Crippen molar-refractivity contribution < 1.29 is 19.1 Å². The minimum Gasteiger partial charge on any atom is -0.454 e. The first-order valence-corrected chi connectivity index (χ1v) is 13.8. The maximum Gasteiger partial charge on any atom is 0.331 e. The van der Waals surface area contributed by atoms with Crippen LogP contribution in [-0.2, 0) is 24.4 Å². The van der Waals surface area contributed by atoms with Crippen LogP contribution in [0.5, 0.6) is 11.5 Å². The standard InChI is InChI=1S/C28H26ClN3O6S/c29-20-8-6-19(7-9-20)22(33)16-32-21-11-13-39-26(21)27(35)31(28(32)36)12-3-1-2-4-25(34)30-15-18-5-10-23-24(14-18)38-17-37-23/h5-11,13-14H,1-4,12,15-17H2,(H,30,34). The summed E-state index contributed by atoms with van der Waals surface area (Å²) in [6.45, 7) is 0.616. The predicted molar refractivity (Wildman–Crippen MR) is 149 cm³/mol. The smallest absolute Gasteiger partial charge is 0.331 e. The van der Waals surface area contributed by atoms with Crippen LogP contribution in [0.4, 0.5) is 0 Å². The Morgan fingerprint density at radius 3 is 2.56 bits per heavy atom. The number of amides is 1. The lowest BCUT2D eigenvalue weighted by Gasteiger charge is -2.12. The number of benzene rings is 2. The fraction of sp³-hybridized carbons (Fsp3) is 0.286. The number of rotatable bonds is 11. The molecule has 0 aliphatic carbocycles. The van der Waals surface area contributed by atoms with Crippen molar-refractivity contribution in [3.63, 3.8) is 0 Å². The first-order chi connectivity index (χ1) is 18.9. The number of ketones is 1. The number of halogens is 1. The van der Waals surface area contributed by atoms with E-state index < -0.39 is 5.69 Å². The first kappa shape index (κ1) is 26.7. The Bertz CT molecular complexity index is 1640. The normalized spacial score (nSPS) is 12.1. The summed E-state index contributed by atoms with van der Waals surface area (Å²) in [5, 5.41) is 5.15. The molecular weight excluding hydrogens is 542 g/mol. The minimum atomic E-state index is -0.519. The molecule has 0 radical (unpaired) electrons. The van der Waals surface area contributed by atoms with Gasteiger partial charge in [0.05, 0.1) is 12.1 Å². The van der Waals surface area contributed by atoms with Gasteiger partial charge in [0, 0.05) is 30.1 Å². The van der Waals surface area contributed by atoms with Crippen LogP contribution in [0.3, 0.4) is 0 Å². The molecule has 0 atom stereocenters. The number of hydrogen-bond acceptors (Lipinski definition) is 7. The number of unbranched alkanes of at least 4 members (excludes halogenated alkanes) is 2. The molecule has 0 spiro atoms. The predicted octanol–water partition coefficient (Wildman–Crippen LogP) is 4.37. The van der Waals surface area contributed by atoms with Crippen LogP contribution >= 0.6 is 22.9 Å². The molecule has 0 saturated carbocycles. The maximum absolute atomic E-state index is 13.3. The summed E-state index contributed by atoms with van der Waals surface area (Å²) in [6, 6.07) is 13.7. The van der Waals surface area contributed by atoms with Gasteiger partial charge in [-0.25, -0.2) is 4.79 Å². The van der Waals surface area contributed by atoms with Crippen molar-refractivity contribution in [3.8, 4) is 11.5 Å². The highest BCUT2D eigenvalue weighted by Gasteiger charge is 2.17. The number of carbonyl (C=O) groups excluding carboxylic acids is 2. The largest absolute Gasteiger partial charge is 0.454 e. The zero-order valence-electron chi connectivity index (χ0n) is 21.0. The highest BCUT2D eigenvalue weighted by Crippen LogP contribution is 2.32. The number of fused-ring (bicyclic) bond motifs is 2. The number of ether oxygens (including phenoxy) is 2. The molecule has 2 aromatic heterocycles. The quantitative estimate of drug-likeness (QED) is 0.213. The average molecular weight is 568 g/mol. The number of carbonyl (C=O) groups is 2. The molecule has 0 saturated heterocycles. The molecule has 5 rings (SSSR count). The van der Waals surface area contributed by atoms with Gasteiger partial charge in [-0.15, -0.1) is 11.3 Å². The van der Waals surface area contributed by atoms with Gasteiger partial charge < -0.3 is 14.8 Å². The molecule has 11 heteroatoms. The van der Waals surface area contributed by atoms with Gasteiger partial charge in [-0.05, 0) is 66.2 Å². The summed E-state index contributed by atoms with van der Waals surface area (Å²) < 4.78 is 13.6. The van der Waals surface area contributed by atoms with E-state index in [1.54, 1.807) is 35.7 Å². The summed E-state index contributed by atoms with van der Waals surface area (Å²) in [6.07, 6.45) is 2.16. The summed E-state index contributed by atoms with van der Waals surface area (Å²) >= 11 is 7.16. The molecule has 4 aromatic rings. The van der Waals surface area contributed by atoms with Gasteiger partial charge >= 0.3 is 5.69 Å². The van der Waals surface area contributed by atoms with Crippen molar-refractivity contribution in [2.45, 2.75) is 45.3 Å². The van der Waals surface area contributed by atoms with Crippen molar-refractivity contribution in [3.05, 3.63) is 90.9 Å². The molecule has 0 fully saturated rings. The van der Waals surface area contributed by atoms with Crippen LogP contribution in [0.1, 0.15) is 41.6 Å². The van der Waals surface area contributed by atoms with Crippen LogP contribution in [0.15, 0.2) is 63.5 Å². The molecule has 2 aromatic carbocycles. The molecule has 1 aliphatic heterocycles. The minimum absolute atomic E-state index is 0.0760. The van der Waals surface area contributed by atoms with E-state index >= 15 is 0 Å². The fourth-order valence-corrected chi connectivity index (χ4v) is 5.40. The van der Waals surface area contributed by atoms with Crippen LogP contribution in [0.2, 0.25) is 5.02 Å². The molecular formula is C28H26ClN3O6S. The van der Waals surface area contributed by atoms with Crippen molar-refractivity contribution in [2.24, 2.45) is 0 Å². The van der Waals surface area contributed by atoms with E-state index in [-0.39, 0.29) is 37.1 Å². The summed E-state index contributed by atoms with van der Waals surface area (Å²) in [5.74, 6) is 1.04. The lowest BCUT2D eigenvalue weighted by atomic mass is 10.1. The van der Waals surface area contributed by atoms with E-state index in [0.29, 0.717) is 64.5 Å². The molecule has 39 heavy (non-hydrogen) atoms. The second kappa shape index (κ2) is 11.9. The third kappa shape index (κ3) is 6.07. The van der Waals surface area contributed by atoms with E-state index in [1.165, 1.54) is 20.5 Å². The molecule has 1 aliphatic rings. The molecule has 202 valence electrons. The average Bonchev–Trinajstić information content (AvgIpc) is 3.61. The number of hydrogen-bond donors (Lipinski definition) is 1. The van der Waals surface area contributed by atoms with Gasteiger partial charge in [-0.2, -0.15) is 0 Å². The van der Waals surface area contributed by atoms with Crippen molar-refractivity contribution >= 4 is 44.8 Å². The van der Waals surface area contributed by atoms with E-state index in [9.17, 15) is 19.2 Å². The molecule has 1 N–H and O–H groups in total. The second-order valence-electron chi connectivity index (χ2n) is 9.17. The van der Waals surface area contributed by atoms with E-state index in [2.05, 4.69) is 5.32 Å². The van der Waals surface area contributed by atoms with Crippen LogP contribution < -0.4 is 26.0 Å². The Kier molecular flexibility index (Phi) is 8.13. The lowest BCUT2D eigenvalue weighted by Crippen LogP contribution is -2.40. The first-order valence-electron chi connectivity index (χ1n) is 12.6. The molecule has 3 heterocycles. The van der Waals surface area contributed by atoms with Gasteiger partial charge in [0.15, 0.2) is 17.3 Å². The Labute approximate surface area is 232 Å². The van der Waals surface area contributed by atoms with Gasteiger partial charge in [0.25, 0.3) is 5.56 Å². The van der Waals surface area contributed by atoms with Crippen molar-refractivity contribution in [2.75, 3.05) is 6.79 Å². The molecule has 9 nitrogen and oxygen atoms in total. The summed E-state index contributed by atoms with van der Waals surface area (Å²) in [5.41, 5.74) is 0.926. The van der Waals surface area contributed by atoms with Gasteiger partial charge in [0.1, 0.15) is 4.70 Å². The zero-order chi connectivity index (χ0) is 27.4. The third-order valence-corrected chi connectivity index (χ3v) is 7.66. The number of aromatic nitrogens is 2. The lowest BCUT2D eigenvalue weighted by molar-refractivity contribution is -0.121. The van der Waals surface area contributed by atoms with Crippen molar-refractivity contribution in [1.29, 1.82) is 0 Å². The molecule has 0 bridgehead atoms. The van der Waals surface area contributed by atoms with Gasteiger partial charge in [0.2, 0.25) is 12.7 Å². The van der Waals surface area contributed by atoms with E-state index in [4.69, 9.17) is 21.1 Å². The SMILES string of the molecule is O=C(CCCCCn1c(=O)c2sccc2n(CC(=O)c2ccc(Cl)cc2)c1=O)NCc1ccc2c(c1)OCO2. The highest BCUT2D eigenvalue weighted by molar-refractivity contribution is 7.17. The Morgan fingerprint density at radius 2 is 1.74 bits per heavy atom. The van der Waals surface area contributed by atoms with Crippen molar-refractivity contribution in [1.82, 2.24) is 14.5 Å². The van der Waals surface area contributed by atoms with E-state index in [0.717, 1.165) is 5.56 Å². The van der Waals surface area contributed by atoms with E-state index in [1.807, 2.05) is 18.2 Å². The zero-order valence-corrected chi connectivity index (χ0v) is 22.6. The Hall–Kier alpha value is -3.89. The van der Waals surface area contributed by atoms with Crippen LogP contribution in [-0.4, -0.2) is 27.6 Å². The van der Waals surface area contributed by atoms with Gasteiger partial charge in [-0.3, -0.25) is 23.5 Å².